The van der Waals surface area contributed by atoms with Crippen LogP contribution in [0.15, 0.2) is 0 Å². The fourth-order valence-corrected chi connectivity index (χ4v) is 13.9. The molecule has 0 amide bonds. The molecule has 3 N–H and O–H groups in total. The van der Waals surface area contributed by atoms with Crippen molar-refractivity contribution in [2.24, 2.45) is 11.8 Å². The molecule has 0 heterocycles. The lowest BCUT2D eigenvalue weighted by atomic mass is 10.0. The van der Waals surface area contributed by atoms with Gasteiger partial charge in [-0.3, -0.25) is 37.3 Å². The van der Waals surface area contributed by atoms with Crippen molar-refractivity contribution in [1.29, 1.82) is 0 Å². The first kappa shape index (κ1) is 97.1. The Labute approximate surface area is 607 Å². The van der Waals surface area contributed by atoms with Crippen LogP contribution in [0.5, 0.6) is 0 Å². The van der Waals surface area contributed by atoms with Crippen molar-refractivity contribution < 1.29 is 80.2 Å². The molecule has 17 nitrogen and oxygen atoms in total. The van der Waals surface area contributed by atoms with Crippen LogP contribution in [0.4, 0.5) is 0 Å². The van der Waals surface area contributed by atoms with Crippen molar-refractivity contribution >= 4 is 39.5 Å². The van der Waals surface area contributed by atoms with Gasteiger partial charge in [0.2, 0.25) is 0 Å². The molecule has 0 aromatic rings. The first-order valence-corrected chi connectivity index (χ1v) is 44.5. The van der Waals surface area contributed by atoms with Gasteiger partial charge in [-0.2, -0.15) is 0 Å². The third-order valence-electron chi connectivity index (χ3n) is 18.7. The molecular formula is C80H156O17P2. The fourth-order valence-electron chi connectivity index (χ4n) is 12.4. The molecule has 99 heavy (non-hydrogen) atoms. The summed E-state index contributed by atoms with van der Waals surface area (Å²) in [4.78, 5) is 72.8. The van der Waals surface area contributed by atoms with Gasteiger partial charge in [0, 0.05) is 25.7 Å². The fraction of sp³-hybridized carbons (Fsp3) is 0.950. The first-order chi connectivity index (χ1) is 47.9. The molecule has 0 saturated heterocycles. The zero-order valence-electron chi connectivity index (χ0n) is 64.8. The van der Waals surface area contributed by atoms with Crippen molar-refractivity contribution in [3.63, 3.8) is 0 Å². The number of ether oxygens (including phenoxy) is 4. The summed E-state index contributed by atoms with van der Waals surface area (Å²) in [6.45, 7) is 9.56. The number of carbonyl (C=O) groups excluding carboxylic acids is 4. The van der Waals surface area contributed by atoms with Gasteiger partial charge in [-0.05, 0) is 37.5 Å². The second kappa shape index (κ2) is 71.7. The van der Waals surface area contributed by atoms with Crippen LogP contribution in [0.2, 0.25) is 0 Å². The highest BCUT2D eigenvalue weighted by molar-refractivity contribution is 7.47. The molecule has 0 radical (unpaired) electrons. The number of phosphoric ester groups is 2. The monoisotopic (exact) mass is 1450 g/mol. The second-order valence-corrected chi connectivity index (χ2v) is 32.7. The maximum absolute atomic E-state index is 13.1. The third kappa shape index (κ3) is 74.1. The molecule has 0 aliphatic carbocycles. The predicted molar refractivity (Wildman–Crippen MR) is 405 cm³/mol. The lowest BCUT2D eigenvalue weighted by molar-refractivity contribution is -0.161. The highest BCUT2D eigenvalue weighted by Gasteiger charge is 2.30. The molecule has 0 saturated carbocycles. The van der Waals surface area contributed by atoms with E-state index in [1.165, 1.54) is 231 Å². The number of hydrogen-bond donors (Lipinski definition) is 3. The average molecular weight is 1450 g/mol. The number of phosphoric acid groups is 2. The summed E-state index contributed by atoms with van der Waals surface area (Å²) in [6, 6.07) is 0. The number of aliphatic hydroxyl groups is 1. The Hall–Kier alpha value is -1.94. The zero-order valence-corrected chi connectivity index (χ0v) is 66.6. The molecule has 0 aromatic heterocycles. The number of hydrogen-bond acceptors (Lipinski definition) is 15. The molecular weight excluding hydrogens is 1290 g/mol. The van der Waals surface area contributed by atoms with E-state index in [1.807, 2.05) is 0 Å². The Bertz CT molecular complexity index is 1910. The Morgan fingerprint density at radius 3 is 0.687 bits per heavy atom. The van der Waals surface area contributed by atoms with E-state index >= 15 is 0 Å². The third-order valence-corrected chi connectivity index (χ3v) is 20.6. The van der Waals surface area contributed by atoms with E-state index in [4.69, 9.17) is 37.0 Å². The standard InChI is InChI=1S/C80H156O17P2/c1-7-9-11-13-15-17-19-20-21-22-23-27-30-33-36-40-43-50-56-62-77(82)90-68-75(96-80(85)65-59-53-45-41-37-34-31-28-25-24-26-29-32-35-38-42-48-54-60-72(3)4)70-94-98(86,87)92-66-74(81)67-93-99(88,89)95-71-76(69-91-78(83)63-57-51-47-46-49-55-61-73(5)6)97-79(84)64-58-52-44-39-18-16-14-12-10-8-2/h72-76,81H,7-71H2,1-6H3,(H,86,87)(H,88,89)/t74-,75-,76-/m1/s1. The Morgan fingerprint density at radius 1 is 0.273 bits per heavy atom. The van der Waals surface area contributed by atoms with Gasteiger partial charge >= 0.3 is 39.5 Å². The van der Waals surface area contributed by atoms with Crippen molar-refractivity contribution in [1.82, 2.24) is 0 Å². The van der Waals surface area contributed by atoms with E-state index in [-0.39, 0.29) is 25.7 Å². The van der Waals surface area contributed by atoms with Gasteiger partial charge < -0.3 is 33.8 Å². The van der Waals surface area contributed by atoms with E-state index in [9.17, 15) is 43.2 Å². The Morgan fingerprint density at radius 2 is 0.465 bits per heavy atom. The molecule has 0 fully saturated rings. The van der Waals surface area contributed by atoms with Gasteiger partial charge in [0.15, 0.2) is 12.2 Å². The summed E-state index contributed by atoms with van der Waals surface area (Å²) in [5.41, 5.74) is 0. The second-order valence-electron chi connectivity index (χ2n) is 29.8. The molecule has 0 aliphatic heterocycles. The van der Waals surface area contributed by atoms with Gasteiger partial charge in [-0.15, -0.1) is 0 Å². The van der Waals surface area contributed by atoms with Crippen molar-refractivity contribution in [2.45, 2.75) is 439 Å². The maximum Gasteiger partial charge on any atom is 0.472 e. The van der Waals surface area contributed by atoms with Crippen LogP contribution in [0.1, 0.15) is 420 Å². The maximum atomic E-state index is 13.1. The van der Waals surface area contributed by atoms with Gasteiger partial charge in [-0.1, -0.05) is 369 Å². The lowest BCUT2D eigenvalue weighted by Gasteiger charge is -2.21. The number of rotatable bonds is 79. The van der Waals surface area contributed by atoms with Crippen LogP contribution in [0, 0.1) is 11.8 Å². The minimum absolute atomic E-state index is 0.106. The largest absolute Gasteiger partial charge is 0.472 e. The Kier molecular flexibility index (Phi) is 70.3. The molecule has 0 bridgehead atoms. The van der Waals surface area contributed by atoms with Gasteiger partial charge in [-0.25, -0.2) is 9.13 Å². The molecule has 0 aromatic carbocycles. The molecule has 0 spiro atoms. The highest BCUT2D eigenvalue weighted by Crippen LogP contribution is 2.45. The molecule has 588 valence electrons. The average Bonchev–Trinajstić information content (AvgIpc) is 1.04. The number of carbonyl (C=O) groups is 4. The quantitative estimate of drug-likeness (QED) is 0.0222. The molecule has 0 rings (SSSR count). The van der Waals surface area contributed by atoms with Gasteiger partial charge in [0.05, 0.1) is 26.4 Å². The van der Waals surface area contributed by atoms with Crippen LogP contribution in [-0.4, -0.2) is 96.7 Å². The summed E-state index contributed by atoms with van der Waals surface area (Å²) < 4.78 is 68.6. The normalized spacial score (nSPS) is 13.9. The van der Waals surface area contributed by atoms with Crippen molar-refractivity contribution in [3.8, 4) is 0 Å². The van der Waals surface area contributed by atoms with Crippen LogP contribution in [0.25, 0.3) is 0 Å². The first-order valence-electron chi connectivity index (χ1n) is 41.5. The SMILES string of the molecule is CCCCCCCCCCCCCCCCCCCCCC(=O)OC[C@H](COP(=O)(O)OC[C@@H](O)COP(=O)(O)OC[C@@H](COC(=O)CCCCCCCCC(C)C)OC(=O)CCCCCCCCCCCC)OC(=O)CCCCCCCCCCCCCCCCCCCCC(C)C. The summed E-state index contributed by atoms with van der Waals surface area (Å²) >= 11 is 0. The van der Waals surface area contributed by atoms with E-state index in [1.54, 1.807) is 0 Å². The summed E-state index contributed by atoms with van der Waals surface area (Å²) in [6.07, 6.45) is 61.4. The van der Waals surface area contributed by atoms with Crippen LogP contribution < -0.4 is 0 Å². The minimum atomic E-state index is -4.96. The number of aliphatic hydroxyl groups excluding tert-OH is 1. The molecule has 2 unspecified atom stereocenters. The Balaban J connectivity index is 5.17. The zero-order chi connectivity index (χ0) is 72.8. The summed E-state index contributed by atoms with van der Waals surface area (Å²) in [5.74, 6) is -0.614. The summed E-state index contributed by atoms with van der Waals surface area (Å²) in [7, 11) is -9.91. The molecule has 5 atom stereocenters. The van der Waals surface area contributed by atoms with E-state index < -0.39 is 97.5 Å². The molecule has 0 aliphatic rings. The van der Waals surface area contributed by atoms with Gasteiger partial charge in [0.25, 0.3) is 0 Å². The number of unbranched alkanes of at least 4 members (excludes halogenated alkanes) is 49. The van der Waals surface area contributed by atoms with E-state index in [0.29, 0.717) is 31.6 Å². The lowest BCUT2D eigenvalue weighted by Crippen LogP contribution is -2.30. The van der Waals surface area contributed by atoms with Crippen LogP contribution in [0.3, 0.4) is 0 Å². The predicted octanol–water partition coefficient (Wildman–Crippen LogP) is 23.9. The van der Waals surface area contributed by atoms with Gasteiger partial charge in [0.1, 0.15) is 19.3 Å². The topological polar surface area (TPSA) is 237 Å². The van der Waals surface area contributed by atoms with Crippen LogP contribution >= 0.6 is 15.6 Å². The summed E-state index contributed by atoms with van der Waals surface area (Å²) in [5, 5.41) is 10.6. The minimum Gasteiger partial charge on any atom is -0.462 e. The number of esters is 4. The highest BCUT2D eigenvalue weighted by atomic mass is 31.2. The van der Waals surface area contributed by atoms with Crippen molar-refractivity contribution in [3.05, 3.63) is 0 Å². The van der Waals surface area contributed by atoms with E-state index in [0.717, 1.165) is 102 Å². The smallest absolute Gasteiger partial charge is 0.462 e. The molecule has 19 heteroatoms. The van der Waals surface area contributed by atoms with E-state index in [2.05, 4.69) is 41.5 Å². The van der Waals surface area contributed by atoms with Crippen LogP contribution in [-0.2, 0) is 65.4 Å². The van der Waals surface area contributed by atoms with Crippen molar-refractivity contribution in [2.75, 3.05) is 39.6 Å².